The molecule has 0 amide bonds. The van der Waals surface area contributed by atoms with Crippen molar-refractivity contribution in [3.63, 3.8) is 0 Å². The van der Waals surface area contributed by atoms with Crippen LogP contribution in [-0.4, -0.2) is 74.8 Å². The molecule has 0 aromatic heterocycles. The van der Waals surface area contributed by atoms with Crippen molar-refractivity contribution in [2.45, 2.75) is 26.2 Å². The summed E-state index contributed by atoms with van der Waals surface area (Å²) in [5, 5.41) is 3.44. The van der Waals surface area contributed by atoms with Crippen molar-refractivity contribution in [3.8, 4) is 0 Å². The summed E-state index contributed by atoms with van der Waals surface area (Å²) in [5.41, 5.74) is 1.04. The maximum atomic E-state index is 13.3. The molecule has 0 spiro atoms. The summed E-state index contributed by atoms with van der Waals surface area (Å²) in [6.07, 6.45) is 3.02. The van der Waals surface area contributed by atoms with Crippen LogP contribution in [0.1, 0.15) is 25.3 Å². The number of nitrogens with zero attached hydrogens (tertiary/aromatic N) is 3. The molecule has 0 bridgehead atoms. The molecule has 2 aliphatic rings. The predicted molar refractivity (Wildman–Crippen MR) is 108 cm³/mol. The largest absolute Gasteiger partial charge is 0.379 e. The van der Waals surface area contributed by atoms with E-state index in [-0.39, 0.29) is 5.82 Å². The van der Waals surface area contributed by atoms with Crippen LogP contribution in [0.25, 0.3) is 0 Å². The molecule has 2 fully saturated rings. The van der Waals surface area contributed by atoms with E-state index in [9.17, 15) is 4.39 Å². The van der Waals surface area contributed by atoms with Crippen LogP contribution < -0.4 is 5.32 Å². The zero-order valence-electron chi connectivity index (χ0n) is 16.5. The van der Waals surface area contributed by atoms with Gasteiger partial charge in [-0.1, -0.05) is 12.1 Å². The van der Waals surface area contributed by atoms with Crippen molar-refractivity contribution in [1.29, 1.82) is 0 Å². The minimum Gasteiger partial charge on any atom is -0.379 e. The topological polar surface area (TPSA) is 40.1 Å². The second-order valence-corrected chi connectivity index (χ2v) is 7.48. The first-order valence-corrected chi connectivity index (χ1v) is 10.3. The van der Waals surface area contributed by atoms with Crippen molar-refractivity contribution >= 4 is 5.96 Å². The fourth-order valence-corrected chi connectivity index (χ4v) is 3.91. The number of likely N-dealkylation sites (tertiary alicyclic amines) is 1. The zero-order valence-corrected chi connectivity index (χ0v) is 16.5. The quantitative estimate of drug-likeness (QED) is 0.451. The van der Waals surface area contributed by atoms with Crippen molar-refractivity contribution in [2.75, 3.05) is 59.0 Å². The number of hydrogen-bond acceptors (Lipinski definition) is 3. The Morgan fingerprint density at radius 3 is 2.93 bits per heavy atom. The Labute approximate surface area is 162 Å². The molecule has 1 aromatic carbocycles. The number of hydrogen-bond donors (Lipinski definition) is 1. The number of aliphatic imine (C=N–C) groups is 1. The summed E-state index contributed by atoms with van der Waals surface area (Å²) in [5.74, 6) is 1.58. The van der Waals surface area contributed by atoms with E-state index >= 15 is 0 Å². The lowest BCUT2D eigenvalue weighted by atomic mass is 10.1. The van der Waals surface area contributed by atoms with Crippen molar-refractivity contribution in [2.24, 2.45) is 10.9 Å². The van der Waals surface area contributed by atoms with Crippen molar-refractivity contribution in [1.82, 2.24) is 15.1 Å². The van der Waals surface area contributed by atoms with E-state index < -0.39 is 0 Å². The highest BCUT2D eigenvalue weighted by Gasteiger charge is 2.26. The first-order valence-electron chi connectivity index (χ1n) is 10.3. The second-order valence-electron chi connectivity index (χ2n) is 7.48. The van der Waals surface area contributed by atoms with Crippen molar-refractivity contribution in [3.05, 3.63) is 35.6 Å². The number of halogens is 1. The summed E-state index contributed by atoms with van der Waals surface area (Å²) in [7, 11) is 0. The molecule has 1 unspecified atom stereocenters. The van der Waals surface area contributed by atoms with Gasteiger partial charge in [0.15, 0.2) is 5.96 Å². The van der Waals surface area contributed by atoms with Crippen LogP contribution in [0.2, 0.25) is 0 Å². The lowest BCUT2D eigenvalue weighted by Crippen LogP contribution is -2.42. The number of morpholine rings is 1. The first kappa shape index (κ1) is 20.1. The maximum absolute atomic E-state index is 13.3. The third-order valence-corrected chi connectivity index (χ3v) is 5.31. The van der Waals surface area contributed by atoms with Gasteiger partial charge in [-0.15, -0.1) is 0 Å². The zero-order chi connectivity index (χ0) is 18.9. The van der Waals surface area contributed by atoms with Gasteiger partial charge in [0.1, 0.15) is 5.82 Å². The molecule has 1 aromatic rings. The molecule has 3 rings (SSSR count). The van der Waals surface area contributed by atoms with Gasteiger partial charge in [0.2, 0.25) is 0 Å². The maximum Gasteiger partial charge on any atom is 0.193 e. The van der Waals surface area contributed by atoms with Gasteiger partial charge in [-0.05, 0) is 49.8 Å². The standard InChI is InChI=1S/C21H33FN4O/c1-2-23-21(24-9-4-6-18-5-3-7-20(22)15-18)26-10-8-19(17-26)16-25-11-13-27-14-12-25/h3,5,7,15,19H,2,4,6,8-14,16-17H2,1H3,(H,23,24). The van der Waals surface area contributed by atoms with Gasteiger partial charge in [-0.3, -0.25) is 9.89 Å². The Bertz CT molecular complexity index is 604. The van der Waals surface area contributed by atoms with Crippen molar-refractivity contribution < 1.29 is 9.13 Å². The molecule has 1 atom stereocenters. The van der Waals surface area contributed by atoms with Gasteiger partial charge in [-0.25, -0.2) is 4.39 Å². The molecule has 5 nitrogen and oxygen atoms in total. The fraction of sp³-hybridized carbons (Fsp3) is 0.667. The van der Waals surface area contributed by atoms with E-state index in [1.165, 1.54) is 19.0 Å². The number of rotatable bonds is 7. The number of nitrogens with one attached hydrogen (secondary N) is 1. The van der Waals surface area contributed by atoms with Crippen LogP contribution in [0, 0.1) is 11.7 Å². The van der Waals surface area contributed by atoms with Gasteiger partial charge >= 0.3 is 0 Å². The number of guanidine groups is 1. The summed E-state index contributed by atoms with van der Waals surface area (Å²) in [4.78, 5) is 9.75. The van der Waals surface area contributed by atoms with Crippen LogP contribution >= 0.6 is 0 Å². The molecular weight excluding hydrogens is 343 g/mol. The molecule has 6 heteroatoms. The molecular formula is C21H33FN4O. The molecule has 2 aliphatic heterocycles. The summed E-state index contributed by atoms with van der Waals surface area (Å²) >= 11 is 0. The third kappa shape index (κ3) is 6.47. The lowest BCUT2D eigenvalue weighted by Gasteiger charge is -2.29. The Hall–Kier alpha value is -1.66. The minimum atomic E-state index is -0.160. The van der Waals surface area contributed by atoms with E-state index in [0.717, 1.165) is 76.8 Å². The highest BCUT2D eigenvalue weighted by Crippen LogP contribution is 2.18. The van der Waals surface area contributed by atoms with Crippen LogP contribution in [0.5, 0.6) is 0 Å². The Kier molecular flexibility index (Phi) is 7.90. The molecule has 2 saturated heterocycles. The highest BCUT2D eigenvalue weighted by atomic mass is 19.1. The molecule has 2 heterocycles. The van der Waals surface area contributed by atoms with Gasteiger partial charge < -0.3 is 15.0 Å². The number of benzene rings is 1. The Morgan fingerprint density at radius 1 is 1.30 bits per heavy atom. The molecule has 0 saturated carbocycles. The highest BCUT2D eigenvalue weighted by molar-refractivity contribution is 5.80. The SMILES string of the molecule is CCNC(=NCCCc1cccc(F)c1)N1CCC(CN2CCOCC2)C1. The van der Waals surface area contributed by atoms with Crippen LogP contribution in [0.4, 0.5) is 4.39 Å². The van der Waals surface area contributed by atoms with E-state index in [2.05, 4.69) is 22.0 Å². The monoisotopic (exact) mass is 376 g/mol. The minimum absolute atomic E-state index is 0.160. The Morgan fingerprint density at radius 2 is 2.15 bits per heavy atom. The smallest absolute Gasteiger partial charge is 0.193 e. The summed E-state index contributed by atoms with van der Waals surface area (Å²) in [6, 6.07) is 6.86. The summed E-state index contributed by atoms with van der Waals surface area (Å²) in [6.45, 7) is 10.9. The normalized spacial score (nSPS) is 21.6. The van der Waals surface area contributed by atoms with E-state index in [0.29, 0.717) is 5.92 Å². The van der Waals surface area contributed by atoms with E-state index in [1.54, 1.807) is 12.1 Å². The average Bonchev–Trinajstić information content (AvgIpc) is 3.13. The molecule has 0 aliphatic carbocycles. The molecule has 27 heavy (non-hydrogen) atoms. The fourth-order valence-electron chi connectivity index (χ4n) is 3.91. The van der Waals surface area contributed by atoms with E-state index in [4.69, 9.17) is 9.73 Å². The molecule has 0 radical (unpaired) electrons. The second kappa shape index (κ2) is 10.6. The number of ether oxygens (including phenoxy) is 1. The van der Waals surface area contributed by atoms with Gasteiger partial charge in [-0.2, -0.15) is 0 Å². The lowest BCUT2D eigenvalue weighted by molar-refractivity contribution is 0.0315. The van der Waals surface area contributed by atoms with Gasteiger partial charge in [0.25, 0.3) is 0 Å². The average molecular weight is 377 g/mol. The number of aryl methyl sites for hydroxylation is 1. The third-order valence-electron chi connectivity index (χ3n) is 5.31. The molecule has 150 valence electrons. The van der Waals surface area contributed by atoms with Crippen LogP contribution in [0.15, 0.2) is 29.3 Å². The van der Waals surface area contributed by atoms with Gasteiger partial charge in [0, 0.05) is 45.8 Å². The molecule has 1 N–H and O–H groups in total. The van der Waals surface area contributed by atoms with Crippen LogP contribution in [0.3, 0.4) is 0 Å². The van der Waals surface area contributed by atoms with Crippen LogP contribution in [-0.2, 0) is 11.2 Å². The first-order chi connectivity index (χ1) is 13.2. The summed E-state index contributed by atoms with van der Waals surface area (Å²) < 4.78 is 18.7. The predicted octanol–water partition coefficient (Wildman–Crippen LogP) is 2.38. The van der Waals surface area contributed by atoms with Gasteiger partial charge in [0.05, 0.1) is 13.2 Å². The Balaban J connectivity index is 1.45. The van der Waals surface area contributed by atoms with E-state index in [1.807, 2.05) is 6.07 Å².